The fourth-order valence-corrected chi connectivity index (χ4v) is 2.00. The van der Waals surface area contributed by atoms with Gasteiger partial charge < -0.3 is 5.32 Å². The van der Waals surface area contributed by atoms with Crippen LogP contribution in [0.15, 0.2) is 46.0 Å². The van der Waals surface area contributed by atoms with Crippen LogP contribution >= 0.6 is 15.9 Å². The molecule has 6 heteroatoms. The van der Waals surface area contributed by atoms with Gasteiger partial charge in [-0.05, 0) is 35.0 Å². The van der Waals surface area contributed by atoms with Crippen molar-refractivity contribution in [3.05, 3.63) is 40.9 Å². The Bertz CT molecular complexity index is 595. The first-order valence-electron chi connectivity index (χ1n) is 5.61. The molecule has 2 amide bonds. The maximum atomic E-state index is 11.9. The van der Waals surface area contributed by atoms with Gasteiger partial charge in [0.15, 0.2) is 0 Å². The second-order valence-corrected chi connectivity index (χ2v) is 4.97. The third kappa shape index (κ3) is 2.90. The highest BCUT2D eigenvalue weighted by molar-refractivity contribution is 9.10. The molecule has 0 radical (unpaired) electrons. The molecule has 1 N–H and O–H groups in total. The number of rotatable bonds is 2. The molecule has 2 rings (SSSR count). The van der Waals surface area contributed by atoms with Crippen LogP contribution in [0.2, 0.25) is 0 Å². The molecule has 1 heterocycles. The Balaban J connectivity index is 2.22. The average Bonchev–Trinajstić information content (AvgIpc) is 2.70. The van der Waals surface area contributed by atoms with Gasteiger partial charge in [0.05, 0.1) is 12.1 Å². The Morgan fingerprint density at radius 1 is 1.47 bits per heavy atom. The second kappa shape index (κ2) is 5.36. The number of nitrogens with one attached hydrogen (secondary N) is 1. The van der Waals surface area contributed by atoms with Gasteiger partial charge in [-0.2, -0.15) is 10.1 Å². The van der Waals surface area contributed by atoms with E-state index in [0.717, 1.165) is 4.47 Å². The van der Waals surface area contributed by atoms with Crippen molar-refractivity contribution in [2.24, 2.45) is 5.10 Å². The number of amidine groups is 1. The van der Waals surface area contributed by atoms with E-state index in [4.69, 9.17) is 0 Å². The highest BCUT2D eigenvalue weighted by atomic mass is 79.9. The summed E-state index contributed by atoms with van der Waals surface area (Å²) in [6, 6.07) is 7.26. The zero-order valence-corrected chi connectivity index (χ0v) is 11.9. The van der Waals surface area contributed by atoms with Gasteiger partial charge in [-0.25, -0.2) is 0 Å². The van der Waals surface area contributed by atoms with Gasteiger partial charge in [0.2, 0.25) is 0 Å². The number of halogens is 1. The topological polar surface area (TPSA) is 61.8 Å². The number of carbonyl (C=O) groups excluding carboxylic acids is 2. The van der Waals surface area contributed by atoms with Gasteiger partial charge in [-0.1, -0.05) is 18.7 Å². The van der Waals surface area contributed by atoms with Crippen molar-refractivity contribution in [2.45, 2.75) is 13.3 Å². The van der Waals surface area contributed by atoms with Crippen molar-refractivity contribution < 1.29 is 9.59 Å². The molecule has 19 heavy (non-hydrogen) atoms. The molecule has 5 nitrogen and oxygen atoms in total. The smallest absolute Gasteiger partial charge is 0.255 e. The van der Waals surface area contributed by atoms with Crippen molar-refractivity contribution >= 4 is 39.3 Å². The summed E-state index contributed by atoms with van der Waals surface area (Å²) in [7, 11) is 0. The predicted molar refractivity (Wildman–Crippen MR) is 76.6 cm³/mol. The van der Waals surface area contributed by atoms with Crippen LogP contribution in [0.4, 0.5) is 5.69 Å². The number of para-hydroxylation sites is 1. The molecule has 98 valence electrons. The largest absolute Gasteiger partial charge is 0.308 e. The number of benzene rings is 1. The predicted octanol–water partition coefficient (Wildman–Crippen LogP) is 2.19. The number of nitrogens with zero attached hydrogens (tertiary/aromatic N) is 2. The van der Waals surface area contributed by atoms with Crippen LogP contribution in [0.3, 0.4) is 0 Å². The van der Waals surface area contributed by atoms with E-state index in [9.17, 15) is 9.59 Å². The minimum atomic E-state index is -0.333. The van der Waals surface area contributed by atoms with E-state index < -0.39 is 0 Å². The second-order valence-electron chi connectivity index (χ2n) is 4.11. The third-order valence-electron chi connectivity index (χ3n) is 2.50. The molecule has 0 bridgehead atoms. The zero-order chi connectivity index (χ0) is 14.0. The van der Waals surface area contributed by atoms with Gasteiger partial charge in [-0.15, -0.1) is 0 Å². The lowest BCUT2D eigenvalue weighted by molar-refractivity contribution is -0.116. The van der Waals surface area contributed by atoms with Crippen molar-refractivity contribution in [1.29, 1.82) is 0 Å². The molecule has 0 saturated heterocycles. The van der Waals surface area contributed by atoms with Crippen molar-refractivity contribution in [2.75, 3.05) is 5.01 Å². The highest BCUT2D eigenvalue weighted by Crippen LogP contribution is 2.28. The number of anilines is 1. The summed E-state index contributed by atoms with van der Waals surface area (Å²) in [5.74, 6) is -0.196. The lowest BCUT2D eigenvalue weighted by Gasteiger charge is -2.12. The Hall–Kier alpha value is -1.95. The number of hydrogen-bond donors (Lipinski definition) is 1. The normalized spacial score (nSPS) is 14.3. The number of carbonyl (C=O) groups is 2. The van der Waals surface area contributed by atoms with Crippen molar-refractivity contribution in [3.63, 3.8) is 0 Å². The standard InChI is InChI=1S/C13H12BrN3O2/c1-8(2)13(19)15-11-7-12(18)17(16-11)10-6-4-3-5-9(10)14/h3-6H,1,7H2,2H3,(H,15,16,19). The van der Waals surface area contributed by atoms with E-state index in [1.807, 2.05) is 18.2 Å². The summed E-state index contributed by atoms with van der Waals surface area (Å²) >= 11 is 3.36. The maximum absolute atomic E-state index is 11.9. The van der Waals surface area contributed by atoms with Crippen LogP contribution in [0, 0.1) is 0 Å². The summed E-state index contributed by atoms with van der Waals surface area (Å²) in [6.07, 6.45) is 0.0698. The van der Waals surface area contributed by atoms with Gasteiger partial charge in [0.25, 0.3) is 11.8 Å². The van der Waals surface area contributed by atoms with Crippen molar-refractivity contribution in [3.8, 4) is 0 Å². The van der Waals surface area contributed by atoms with E-state index in [-0.39, 0.29) is 18.2 Å². The molecule has 0 aromatic heterocycles. The van der Waals surface area contributed by atoms with Crippen LogP contribution in [-0.2, 0) is 9.59 Å². The Morgan fingerprint density at radius 3 is 2.79 bits per heavy atom. The van der Waals surface area contributed by atoms with E-state index in [1.165, 1.54) is 5.01 Å². The first-order chi connectivity index (χ1) is 8.99. The summed E-state index contributed by atoms with van der Waals surface area (Å²) in [6.45, 7) is 5.13. The number of hydrogen-bond acceptors (Lipinski definition) is 3. The van der Waals surface area contributed by atoms with Crippen LogP contribution in [0.5, 0.6) is 0 Å². The maximum Gasteiger partial charge on any atom is 0.255 e. The summed E-state index contributed by atoms with van der Waals surface area (Å²) in [4.78, 5) is 23.4. The van der Waals surface area contributed by atoms with E-state index in [2.05, 4.69) is 32.9 Å². The van der Waals surface area contributed by atoms with Crippen LogP contribution in [0.1, 0.15) is 13.3 Å². The average molecular weight is 322 g/mol. The van der Waals surface area contributed by atoms with Gasteiger partial charge >= 0.3 is 0 Å². The molecule has 0 fully saturated rings. The molecule has 0 atom stereocenters. The number of amides is 2. The minimum Gasteiger partial charge on any atom is -0.308 e. The van der Waals surface area contributed by atoms with Gasteiger partial charge in [0, 0.05) is 10.0 Å². The minimum absolute atomic E-state index is 0.0698. The molecule has 1 aromatic rings. The van der Waals surface area contributed by atoms with E-state index in [1.54, 1.807) is 13.0 Å². The lowest BCUT2D eigenvalue weighted by Crippen LogP contribution is -2.29. The van der Waals surface area contributed by atoms with Crippen LogP contribution in [0.25, 0.3) is 0 Å². The third-order valence-corrected chi connectivity index (χ3v) is 3.17. The SMILES string of the molecule is C=C(C)C(=O)NC1=NN(c2ccccc2Br)C(=O)C1. The zero-order valence-electron chi connectivity index (χ0n) is 10.3. The monoisotopic (exact) mass is 321 g/mol. The Labute approximate surface area is 119 Å². The molecular weight excluding hydrogens is 310 g/mol. The van der Waals surface area contributed by atoms with Gasteiger partial charge in [-0.3, -0.25) is 9.59 Å². The Kier molecular flexibility index (Phi) is 3.80. The molecule has 1 aliphatic heterocycles. The molecule has 0 aliphatic carbocycles. The molecule has 0 saturated carbocycles. The van der Waals surface area contributed by atoms with E-state index in [0.29, 0.717) is 17.1 Å². The summed E-state index contributed by atoms with van der Waals surface area (Å²) in [5.41, 5.74) is 1.02. The van der Waals surface area contributed by atoms with Crippen molar-refractivity contribution in [1.82, 2.24) is 5.32 Å². The first-order valence-corrected chi connectivity index (χ1v) is 6.40. The van der Waals surface area contributed by atoms with Crippen LogP contribution < -0.4 is 10.3 Å². The van der Waals surface area contributed by atoms with Gasteiger partial charge in [0.1, 0.15) is 5.84 Å². The summed E-state index contributed by atoms with van der Waals surface area (Å²) in [5, 5.41) is 7.96. The lowest BCUT2D eigenvalue weighted by atomic mass is 10.3. The fraction of sp³-hybridized carbons (Fsp3) is 0.154. The molecular formula is C13H12BrN3O2. The summed E-state index contributed by atoms with van der Waals surface area (Å²) < 4.78 is 0.763. The number of hydrazone groups is 1. The highest BCUT2D eigenvalue weighted by Gasteiger charge is 2.27. The fourth-order valence-electron chi connectivity index (χ4n) is 1.55. The van der Waals surface area contributed by atoms with Crippen LogP contribution in [-0.4, -0.2) is 17.6 Å². The Morgan fingerprint density at radius 2 is 2.16 bits per heavy atom. The molecule has 1 aliphatic rings. The quantitative estimate of drug-likeness (QED) is 0.849. The first kappa shape index (κ1) is 13.5. The van der Waals surface area contributed by atoms with E-state index >= 15 is 0 Å². The molecule has 1 aromatic carbocycles. The molecule has 0 spiro atoms. The molecule has 0 unspecified atom stereocenters.